The summed E-state index contributed by atoms with van der Waals surface area (Å²) in [5.74, 6) is -1.62. The van der Waals surface area contributed by atoms with Crippen molar-refractivity contribution in [1.29, 1.82) is 0 Å². The molecule has 0 heterocycles. The smallest absolute Gasteiger partial charge is 0.124 e. The van der Waals surface area contributed by atoms with Gasteiger partial charge in [0.15, 0.2) is 0 Å². The maximum Gasteiger partial charge on any atom is 0.124 e. The largest absolute Gasteiger partial charge is 0.545 e. The second-order valence-corrected chi connectivity index (χ2v) is 4.06. The summed E-state index contributed by atoms with van der Waals surface area (Å²) < 4.78 is 0.292. The molecule has 0 spiro atoms. The Balaban J connectivity index is 0.000000364. The van der Waals surface area contributed by atoms with Gasteiger partial charge in [-0.05, 0) is 12.1 Å². The molecule has 0 saturated heterocycles. The molecule has 14 heavy (non-hydrogen) atoms. The standard InChI is InChI=1S/C7H6O3.C2H3O.Ca/c8-6-4-2-1-3-5(6)7(9)10;1-2-3;/h1-4,8H,(H,9,10);1H3;/q;;+1/p-1. The van der Waals surface area contributed by atoms with Crippen molar-refractivity contribution in [2.75, 3.05) is 0 Å². The van der Waals surface area contributed by atoms with E-state index in [9.17, 15) is 14.7 Å². The fourth-order valence-corrected chi connectivity index (χ4v) is 0.646. The van der Waals surface area contributed by atoms with Gasteiger partial charge in [-0.25, -0.2) is 0 Å². The molecule has 0 atom stereocenters. The second kappa shape index (κ2) is 6.81. The van der Waals surface area contributed by atoms with Crippen molar-refractivity contribution < 1.29 is 19.8 Å². The quantitative estimate of drug-likeness (QED) is 0.645. The number of aromatic carboxylic acids is 1. The topological polar surface area (TPSA) is 77.4 Å². The fourth-order valence-electron chi connectivity index (χ4n) is 0.646. The molecule has 5 heteroatoms. The van der Waals surface area contributed by atoms with Crippen molar-refractivity contribution in [3.8, 4) is 5.75 Å². The molecular formula is C9H8CaO4. The summed E-state index contributed by atoms with van der Waals surface area (Å²) in [5.41, 5.74) is -0.178. The zero-order valence-electron chi connectivity index (χ0n) is 7.69. The molecule has 0 fully saturated rings. The minimum atomic E-state index is -1.36. The Morgan fingerprint density at radius 1 is 1.36 bits per heavy atom. The molecule has 0 unspecified atom stereocenters. The Morgan fingerprint density at radius 3 is 2.07 bits per heavy atom. The number of rotatable bonds is 1. The van der Waals surface area contributed by atoms with Crippen molar-refractivity contribution in [1.82, 2.24) is 0 Å². The number of phenols is 1. The zero-order chi connectivity index (χ0) is 11.1. The molecular weight excluding hydrogens is 212 g/mol. The number of carboxylic acid groups (broad SMARTS) is 1. The van der Waals surface area contributed by atoms with E-state index >= 15 is 0 Å². The van der Waals surface area contributed by atoms with E-state index in [1.165, 1.54) is 18.2 Å². The van der Waals surface area contributed by atoms with Gasteiger partial charge in [0.25, 0.3) is 0 Å². The molecule has 1 rings (SSSR count). The molecule has 4 nitrogen and oxygen atoms in total. The van der Waals surface area contributed by atoms with Gasteiger partial charge in [-0.15, -0.1) is 0 Å². The SMILES string of the molecule is C[C](=O)[Ca+].O=C([O-])c1ccccc1O. The van der Waals surface area contributed by atoms with Crippen LogP contribution in [0.25, 0.3) is 0 Å². The number of benzene rings is 1. The predicted molar refractivity (Wildman–Crippen MR) is 48.9 cm³/mol. The molecule has 0 amide bonds. The van der Waals surface area contributed by atoms with E-state index in [4.69, 9.17) is 5.11 Å². The van der Waals surface area contributed by atoms with Crippen LogP contribution in [0, 0.1) is 0 Å². The van der Waals surface area contributed by atoms with Crippen LogP contribution in [0.15, 0.2) is 24.3 Å². The predicted octanol–water partition coefficient (Wildman–Crippen LogP) is -0.543. The molecule has 0 radical (unpaired) electrons. The Labute approximate surface area is 105 Å². The average molecular weight is 220 g/mol. The van der Waals surface area contributed by atoms with Crippen LogP contribution in [0.2, 0.25) is 0 Å². The van der Waals surface area contributed by atoms with E-state index < -0.39 is 5.97 Å². The van der Waals surface area contributed by atoms with Gasteiger partial charge in [0.1, 0.15) is 5.75 Å². The van der Waals surface area contributed by atoms with Crippen molar-refractivity contribution in [2.24, 2.45) is 0 Å². The van der Waals surface area contributed by atoms with Crippen LogP contribution in [0.4, 0.5) is 0 Å². The van der Waals surface area contributed by atoms with E-state index in [1.807, 2.05) is 0 Å². The summed E-state index contributed by atoms with van der Waals surface area (Å²) >= 11 is 0.792. The minimum absolute atomic E-state index is 0.178. The van der Waals surface area contributed by atoms with Crippen LogP contribution in [0.5, 0.6) is 5.75 Å². The van der Waals surface area contributed by atoms with E-state index in [1.54, 1.807) is 13.0 Å². The summed E-state index contributed by atoms with van der Waals surface area (Å²) in [6, 6.07) is 5.64. The maximum absolute atomic E-state index is 10.2. The molecule has 0 saturated carbocycles. The number of aromatic hydroxyl groups is 1. The first-order valence-electron chi connectivity index (χ1n) is 3.77. The third-order valence-corrected chi connectivity index (χ3v) is 1.12. The van der Waals surface area contributed by atoms with Gasteiger partial charge in [0, 0.05) is 5.56 Å². The van der Waals surface area contributed by atoms with E-state index in [0.717, 1.165) is 35.8 Å². The van der Waals surface area contributed by atoms with Gasteiger partial charge in [-0.3, -0.25) is 0 Å². The number of hydrogen-bond donors (Lipinski definition) is 1. The van der Waals surface area contributed by atoms with Crippen LogP contribution in [-0.4, -0.2) is 48.7 Å². The first-order chi connectivity index (χ1) is 6.45. The zero-order valence-corrected chi connectivity index (χ0v) is 9.90. The number of carbonyl (C=O) groups excluding carboxylic acids is 2. The van der Waals surface area contributed by atoms with E-state index in [0.29, 0.717) is 1.88 Å². The number of carboxylic acids is 1. The van der Waals surface area contributed by atoms with E-state index in [2.05, 4.69) is 0 Å². The second-order valence-electron chi connectivity index (χ2n) is 2.51. The molecule has 0 aliphatic rings. The van der Waals surface area contributed by atoms with Crippen molar-refractivity contribution in [2.45, 2.75) is 6.92 Å². The van der Waals surface area contributed by atoms with Crippen molar-refractivity contribution >= 4 is 43.6 Å². The summed E-state index contributed by atoms with van der Waals surface area (Å²) in [5, 5.41) is 19.0. The molecule has 0 bridgehead atoms. The van der Waals surface area contributed by atoms with Gasteiger partial charge >= 0.3 is 49.4 Å². The van der Waals surface area contributed by atoms with Crippen molar-refractivity contribution in [3.05, 3.63) is 29.8 Å². The first kappa shape index (κ1) is 13.4. The third-order valence-electron chi connectivity index (χ3n) is 1.12. The Bertz CT molecular complexity index is 331. The van der Waals surface area contributed by atoms with Crippen LogP contribution in [0.3, 0.4) is 0 Å². The molecule has 0 aliphatic carbocycles. The van der Waals surface area contributed by atoms with Gasteiger partial charge < -0.3 is 15.0 Å². The molecule has 1 aromatic carbocycles. The molecule has 0 aromatic heterocycles. The fraction of sp³-hybridized carbons (Fsp3) is 0.111. The van der Waals surface area contributed by atoms with E-state index in [-0.39, 0.29) is 11.3 Å². The first-order valence-corrected chi connectivity index (χ1v) is 4.87. The molecule has 0 aliphatic heterocycles. The van der Waals surface area contributed by atoms with Crippen molar-refractivity contribution in [3.63, 3.8) is 0 Å². The van der Waals surface area contributed by atoms with Crippen LogP contribution in [0.1, 0.15) is 17.3 Å². The van der Waals surface area contributed by atoms with Crippen LogP contribution < -0.4 is 5.11 Å². The summed E-state index contributed by atoms with van der Waals surface area (Å²) in [7, 11) is 0. The minimum Gasteiger partial charge on any atom is -0.545 e. The van der Waals surface area contributed by atoms with Gasteiger partial charge in [-0.2, -0.15) is 0 Å². The van der Waals surface area contributed by atoms with Gasteiger partial charge in [0.05, 0.1) is 5.97 Å². The molecule has 1 N–H and O–H groups in total. The maximum atomic E-state index is 10.2. The number of hydrogen-bond acceptors (Lipinski definition) is 4. The normalized spacial score (nSPS) is 8.50. The summed E-state index contributed by atoms with van der Waals surface area (Å²) in [4.78, 5) is 19.7. The third kappa shape index (κ3) is 5.96. The van der Waals surface area contributed by atoms with Gasteiger partial charge in [0.2, 0.25) is 0 Å². The number of carbonyl (C=O) groups is 2. The average Bonchev–Trinajstić information content (AvgIpc) is 2.03. The summed E-state index contributed by atoms with van der Waals surface area (Å²) in [6.07, 6.45) is 0. The van der Waals surface area contributed by atoms with Crippen LogP contribution >= 0.6 is 0 Å². The Kier molecular flexibility index (Phi) is 6.53. The summed E-state index contributed by atoms with van der Waals surface area (Å²) in [6.45, 7) is 1.58. The molecule has 1 aromatic rings. The Morgan fingerprint density at radius 2 is 1.79 bits per heavy atom. The Hall–Kier alpha value is -0.580. The number of para-hydroxylation sites is 1. The monoisotopic (exact) mass is 220 g/mol. The van der Waals surface area contributed by atoms with Crippen LogP contribution in [-0.2, 0) is 4.79 Å². The molecule has 70 valence electrons. The van der Waals surface area contributed by atoms with Gasteiger partial charge in [-0.1, -0.05) is 12.1 Å².